The molecule has 3 heteroatoms. The molecule has 296 valence electrons. The fraction of sp³-hybridized carbons (Fsp3) is 0. The first-order chi connectivity index (χ1) is 31.2. The summed E-state index contributed by atoms with van der Waals surface area (Å²) in [6.07, 6.45) is 0. The van der Waals surface area contributed by atoms with Gasteiger partial charge in [-0.25, -0.2) is 0 Å². The number of hydrogen-bond donors (Lipinski definition) is 0. The third-order valence-corrected chi connectivity index (χ3v) is 12.3. The molecule has 2 heterocycles. The van der Waals surface area contributed by atoms with Crippen molar-refractivity contribution in [1.29, 1.82) is 0 Å². The van der Waals surface area contributed by atoms with Crippen LogP contribution in [0.15, 0.2) is 245 Å². The van der Waals surface area contributed by atoms with Gasteiger partial charge < -0.3 is 13.7 Å². The molecule has 12 aromatic rings. The number of nitrogens with zero attached hydrogens (tertiary/aromatic N) is 1. The number of hydrogen-bond acceptors (Lipinski definition) is 3. The van der Waals surface area contributed by atoms with Crippen molar-refractivity contribution in [3.63, 3.8) is 0 Å². The van der Waals surface area contributed by atoms with Gasteiger partial charge in [0.2, 0.25) is 0 Å². The van der Waals surface area contributed by atoms with Gasteiger partial charge in [0.1, 0.15) is 22.3 Å². The minimum absolute atomic E-state index is 0.819. The van der Waals surface area contributed by atoms with E-state index in [9.17, 15) is 0 Å². The Balaban J connectivity index is 0.918. The van der Waals surface area contributed by atoms with E-state index in [2.05, 4.69) is 235 Å². The van der Waals surface area contributed by atoms with Crippen molar-refractivity contribution in [3.8, 4) is 55.6 Å². The van der Waals surface area contributed by atoms with Crippen molar-refractivity contribution >= 4 is 60.9 Å². The van der Waals surface area contributed by atoms with Crippen LogP contribution in [-0.4, -0.2) is 0 Å². The molecular formula is C60H39NO2. The molecule has 10 aromatic carbocycles. The van der Waals surface area contributed by atoms with Gasteiger partial charge in [0.25, 0.3) is 0 Å². The standard InChI is InChI=1S/C60H39NO2/c1-4-10-40(11-5-1)43-16-20-45(21-17-43)47-24-29-50(30-25-47)61(51-31-26-48(27-32-51)46-22-18-44(19-23-46)41-12-6-2-7-13-41)52-33-34-53-55-38-60-56(39-59(55)63-58(53)37-52)54-36-49(28-35-57(54)62-60)42-14-8-3-9-15-42/h1-39H. The van der Waals surface area contributed by atoms with Gasteiger partial charge in [-0.15, -0.1) is 0 Å². The highest BCUT2D eigenvalue weighted by Crippen LogP contribution is 2.42. The van der Waals surface area contributed by atoms with Crippen LogP contribution in [-0.2, 0) is 0 Å². The number of anilines is 3. The van der Waals surface area contributed by atoms with E-state index in [0.717, 1.165) is 77.6 Å². The average molecular weight is 806 g/mol. The van der Waals surface area contributed by atoms with Crippen LogP contribution >= 0.6 is 0 Å². The molecule has 12 rings (SSSR count). The molecule has 0 aliphatic carbocycles. The first-order valence-corrected chi connectivity index (χ1v) is 21.4. The number of furan rings is 2. The summed E-state index contributed by atoms with van der Waals surface area (Å²) in [7, 11) is 0. The van der Waals surface area contributed by atoms with Crippen LogP contribution in [0.1, 0.15) is 0 Å². The van der Waals surface area contributed by atoms with Gasteiger partial charge in [0.15, 0.2) is 0 Å². The molecule has 0 fully saturated rings. The third kappa shape index (κ3) is 6.73. The summed E-state index contributed by atoms with van der Waals surface area (Å²) in [5.41, 5.74) is 18.3. The predicted molar refractivity (Wildman–Crippen MR) is 263 cm³/mol. The third-order valence-electron chi connectivity index (χ3n) is 12.3. The van der Waals surface area contributed by atoms with Crippen LogP contribution in [0.3, 0.4) is 0 Å². The van der Waals surface area contributed by atoms with Gasteiger partial charge in [-0.05, 0) is 116 Å². The van der Waals surface area contributed by atoms with Crippen molar-refractivity contribution in [2.75, 3.05) is 4.90 Å². The SMILES string of the molecule is c1ccc(-c2ccc(-c3ccc(N(c4ccc(-c5ccc(-c6ccccc6)cc5)cc4)c4ccc5c(c4)oc4cc6c(cc45)oc4ccc(-c5ccccc5)cc46)cc3)cc2)cc1. The second-order valence-corrected chi connectivity index (χ2v) is 16.1. The molecule has 0 N–H and O–H groups in total. The Morgan fingerprint density at radius 1 is 0.206 bits per heavy atom. The quantitative estimate of drug-likeness (QED) is 0.153. The highest BCUT2D eigenvalue weighted by atomic mass is 16.3. The maximum Gasteiger partial charge on any atom is 0.137 e. The van der Waals surface area contributed by atoms with Crippen LogP contribution in [0.25, 0.3) is 99.5 Å². The van der Waals surface area contributed by atoms with Gasteiger partial charge in [0.05, 0.1) is 0 Å². The van der Waals surface area contributed by atoms with E-state index in [1.54, 1.807) is 0 Å². The summed E-state index contributed by atoms with van der Waals surface area (Å²) in [6.45, 7) is 0. The van der Waals surface area contributed by atoms with E-state index in [-0.39, 0.29) is 0 Å². The first-order valence-electron chi connectivity index (χ1n) is 21.4. The molecule has 0 saturated carbocycles. The lowest BCUT2D eigenvalue weighted by Gasteiger charge is -2.26. The fourth-order valence-electron chi connectivity index (χ4n) is 9.01. The predicted octanol–water partition coefficient (Wildman–Crippen LogP) is 17.3. The number of rotatable bonds is 8. The number of fused-ring (bicyclic) bond motifs is 6. The van der Waals surface area contributed by atoms with Gasteiger partial charge in [-0.2, -0.15) is 0 Å². The number of benzene rings is 10. The lowest BCUT2D eigenvalue weighted by molar-refractivity contribution is 0.664. The van der Waals surface area contributed by atoms with Crippen molar-refractivity contribution in [2.24, 2.45) is 0 Å². The molecule has 0 aliphatic heterocycles. The summed E-state index contributed by atoms with van der Waals surface area (Å²) < 4.78 is 13.2. The second kappa shape index (κ2) is 15.3. The smallest absolute Gasteiger partial charge is 0.137 e. The fourth-order valence-corrected chi connectivity index (χ4v) is 9.01. The average Bonchev–Trinajstić information content (AvgIpc) is 3.91. The summed E-state index contributed by atoms with van der Waals surface area (Å²) >= 11 is 0. The molecule has 0 radical (unpaired) electrons. The largest absolute Gasteiger partial charge is 0.456 e. The van der Waals surface area contributed by atoms with E-state index < -0.39 is 0 Å². The summed E-state index contributed by atoms with van der Waals surface area (Å²) in [4.78, 5) is 2.31. The molecule has 0 bridgehead atoms. The second-order valence-electron chi connectivity index (χ2n) is 16.1. The topological polar surface area (TPSA) is 29.5 Å². The normalized spacial score (nSPS) is 11.5. The lowest BCUT2D eigenvalue weighted by Crippen LogP contribution is -2.09. The molecule has 0 unspecified atom stereocenters. The summed E-state index contributed by atoms with van der Waals surface area (Å²) in [5, 5.41) is 4.19. The Morgan fingerprint density at radius 2 is 0.524 bits per heavy atom. The van der Waals surface area contributed by atoms with Gasteiger partial charge in [0, 0.05) is 44.7 Å². The van der Waals surface area contributed by atoms with Crippen molar-refractivity contribution in [2.45, 2.75) is 0 Å². The zero-order valence-electron chi connectivity index (χ0n) is 34.3. The van der Waals surface area contributed by atoms with E-state index in [0.29, 0.717) is 0 Å². The van der Waals surface area contributed by atoms with Gasteiger partial charge >= 0.3 is 0 Å². The minimum atomic E-state index is 0.819. The summed E-state index contributed by atoms with van der Waals surface area (Å²) in [5.74, 6) is 0. The minimum Gasteiger partial charge on any atom is -0.456 e. The molecule has 0 amide bonds. The summed E-state index contributed by atoms with van der Waals surface area (Å²) in [6, 6.07) is 84.0. The maximum atomic E-state index is 6.73. The van der Waals surface area contributed by atoms with E-state index in [4.69, 9.17) is 8.83 Å². The van der Waals surface area contributed by atoms with Crippen LogP contribution in [0, 0.1) is 0 Å². The molecule has 63 heavy (non-hydrogen) atoms. The Labute approximate surface area is 365 Å². The molecule has 0 atom stereocenters. The first kappa shape index (κ1) is 36.5. The molecule has 0 spiro atoms. The zero-order valence-corrected chi connectivity index (χ0v) is 34.3. The van der Waals surface area contributed by atoms with Gasteiger partial charge in [-0.3, -0.25) is 0 Å². The van der Waals surface area contributed by atoms with Crippen LogP contribution in [0.4, 0.5) is 17.1 Å². The zero-order chi connectivity index (χ0) is 41.7. The Kier molecular flexibility index (Phi) is 8.83. The molecule has 0 saturated heterocycles. The van der Waals surface area contributed by atoms with Crippen molar-refractivity contribution in [3.05, 3.63) is 237 Å². The van der Waals surface area contributed by atoms with Crippen molar-refractivity contribution < 1.29 is 8.83 Å². The van der Waals surface area contributed by atoms with Crippen LogP contribution in [0.2, 0.25) is 0 Å². The molecule has 2 aromatic heterocycles. The monoisotopic (exact) mass is 805 g/mol. The molecular weight excluding hydrogens is 767 g/mol. The Hall–Kier alpha value is -8.40. The van der Waals surface area contributed by atoms with Crippen LogP contribution in [0.5, 0.6) is 0 Å². The molecule has 3 nitrogen and oxygen atoms in total. The van der Waals surface area contributed by atoms with E-state index in [1.807, 2.05) is 6.07 Å². The lowest BCUT2D eigenvalue weighted by atomic mass is 9.99. The van der Waals surface area contributed by atoms with E-state index >= 15 is 0 Å². The highest BCUT2D eigenvalue weighted by molar-refractivity contribution is 6.15. The van der Waals surface area contributed by atoms with E-state index in [1.165, 1.54) is 38.9 Å². The Morgan fingerprint density at radius 3 is 0.984 bits per heavy atom. The van der Waals surface area contributed by atoms with Gasteiger partial charge in [-0.1, -0.05) is 170 Å². The maximum absolute atomic E-state index is 6.73. The van der Waals surface area contributed by atoms with Crippen molar-refractivity contribution in [1.82, 2.24) is 0 Å². The molecule has 0 aliphatic rings. The highest BCUT2D eigenvalue weighted by Gasteiger charge is 2.18. The Bertz CT molecular complexity index is 3430. The van der Waals surface area contributed by atoms with Crippen LogP contribution < -0.4 is 4.90 Å².